The standard InChI is InChI=1S/C40H56O2.C3H8.3C2H6/c1-29(17-13-19-31(3)21-23-37-33(5)25-35(41)27-39(37,7)8)15-11-12-16-30(2)18-14-20-32(4)22-24-38-34(6)26-36(42)28-40(38,9)10;1-3-2;3*1-2/h11-24,35-36,41-42H,25-28H2,1-10H3;3H2,1-2H3;3*1-2H3/b12-11+,17-13+,18-14+,23-21+,24-22+,29-15+,30-16+,31-19+,32-20+;;;;/t35-,36?;;;;/m1..../s1. The largest absolute Gasteiger partial charge is 0.393 e. The number of hydrogen-bond donors (Lipinski definition) is 2. The third kappa shape index (κ3) is 23.3. The summed E-state index contributed by atoms with van der Waals surface area (Å²) in [5.74, 6) is 0. The summed E-state index contributed by atoms with van der Waals surface area (Å²) in [6.07, 6.45) is 33.9. The lowest BCUT2D eigenvalue weighted by atomic mass is 9.71. The third-order valence-electron chi connectivity index (χ3n) is 8.24. The fourth-order valence-corrected chi connectivity index (χ4v) is 6.13. The maximum absolute atomic E-state index is 10.1. The molecule has 0 aliphatic heterocycles. The first-order valence-corrected chi connectivity index (χ1v) is 19.9. The van der Waals surface area contributed by atoms with Gasteiger partial charge in [0.05, 0.1) is 12.2 Å². The molecule has 0 saturated carbocycles. The van der Waals surface area contributed by atoms with Crippen LogP contribution in [0.5, 0.6) is 0 Å². The van der Waals surface area contributed by atoms with E-state index in [4.69, 9.17) is 0 Å². The van der Waals surface area contributed by atoms with Crippen molar-refractivity contribution in [1.29, 1.82) is 0 Å². The van der Waals surface area contributed by atoms with Crippen molar-refractivity contribution in [2.45, 2.75) is 169 Å². The van der Waals surface area contributed by atoms with Crippen molar-refractivity contribution in [2.24, 2.45) is 10.8 Å². The van der Waals surface area contributed by atoms with Crippen LogP contribution in [0.2, 0.25) is 0 Å². The molecule has 0 spiro atoms. The fraction of sp³-hybridized carbons (Fsp3) is 0.551. The van der Waals surface area contributed by atoms with E-state index in [2.05, 4.69) is 168 Å². The number of allylic oxidation sites excluding steroid dienone is 20. The van der Waals surface area contributed by atoms with Crippen LogP contribution in [-0.2, 0) is 0 Å². The van der Waals surface area contributed by atoms with E-state index in [1.54, 1.807) is 0 Å². The molecular formula is C49H82O2. The molecule has 0 heterocycles. The summed E-state index contributed by atoms with van der Waals surface area (Å²) < 4.78 is 0. The Kier molecular flexibility index (Phi) is 30.4. The number of aliphatic hydroxyl groups excluding tert-OH is 2. The highest BCUT2D eigenvalue weighted by atomic mass is 16.3. The van der Waals surface area contributed by atoms with E-state index < -0.39 is 0 Å². The van der Waals surface area contributed by atoms with Gasteiger partial charge >= 0.3 is 0 Å². The van der Waals surface area contributed by atoms with Gasteiger partial charge < -0.3 is 10.2 Å². The van der Waals surface area contributed by atoms with Crippen molar-refractivity contribution in [3.05, 3.63) is 130 Å². The second-order valence-electron chi connectivity index (χ2n) is 14.4. The molecule has 0 aromatic rings. The van der Waals surface area contributed by atoms with Crippen LogP contribution in [0, 0.1) is 10.8 Å². The van der Waals surface area contributed by atoms with Crippen LogP contribution < -0.4 is 0 Å². The van der Waals surface area contributed by atoms with Gasteiger partial charge in [0.1, 0.15) is 0 Å². The SMILES string of the molecule is CC.CC.CC.CC1=C(/C=C/C(C)=C/C=C/C(C)=C/C=C/C=C(C)/C=C/C=C(C)/C=C/C2=C(C)C[C@@H](O)CC2(C)C)C(C)(C)CC(O)C1.CCC. The van der Waals surface area contributed by atoms with Crippen LogP contribution in [0.1, 0.15) is 157 Å². The molecule has 2 atom stereocenters. The summed E-state index contributed by atoms with van der Waals surface area (Å²) in [6, 6.07) is 0. The van der Waals surface area contributed by atoms with Crippen molar-refractivity contribution in [3.63, 3.8) is 0 Å². The van der Waals surface area contributed by atoms with Crippen LogP contribution in [0.4, 0.5) is 0 Å². The summed E-state index contributed by atoms with van der Waals surface area (Å²) >= 11 is 0. The molecule has 0 aromatic heterocycles. The average Bonchev–Trinajstić information content (AvgIpc) is 3.04. The Morgan fingerprint density at radius 3 is 1.06 bits per heavy atom. The molecule has 0 aromatic carbocycles. The highest BCUT2D eigenvalue weighted by Crippen LogP contribution is 2.42. The third-order valence-corrected chi connectivity index (χ3v) is 8.24. The molecule has 2 N–H and O–H groups in total. The Balaban J connectivity index is -0.00000234. The second kappa shape index (κ2) is 29.6. The minimum atomic E-state index is -0.227. The van der Waals surface area contributed by atoms with Gasteiger partial charge in [-0.15, -0.1) is 0 Å². The molecule has 1 unspecified atom stereocenters. The molecule has 290 valence electrons. The smallest absolute Gasteiger partial charge is 0.0585 e. The predicted octanol–water partition coefficient (Wildman–Crippen LogP) is 15.0. The lowest BCUT2D eigenvalue weighted by Gasteiger charge is -2.35. The van der Waals surface area contributed by atoms with E-state index in [9.17, 15) is 10.2 Å². The summed E-state index contributed by atoms with van der Waals surface area (Å²) in [7, 11) is 0. The normalized spacial score (nSPS) is 21.3. The van der Waals surface area contributed by atoms with Gasteiger partial charge in [0.15, 0.2) is 0 Å². The molecule has 2 aliphatic rings. The Bertz CT molecular complexity index is 1210. The van der Waals surface area contributed by atoms with Crippen molar-refractivity contribution < 1.29 is 10.2 Å². The lowest BCUT2D eigenvalue weighted by molar-refractivity contribution is 0.116. The van der Waals surface area contributed by atoms with E-state index in [1.807, 2.05) is 41.5 Å². The zero-order valence-corrected chi connectivity index (χ0v) is 36.7. The predicted molar refractivity (Wildman–Crippen MR) is 234 cm³/mol. The zero-order valence-electron chi connectivity index (χ0n) is 36.7. The van der Waals surface area contributed by atoms with Crippen LogP contribution in [0.25, 0.3) is 0 Å². The maximum Gasteiger partial charge on any atom is 0.0585 e. The molecule has 0 amide bonds. The van der Waals surface area contributed by atoms with Gasteiger partial charge in [-0.1, -0.05) is 208 Å². The van der Waals surface area contributed by atoms with E-state index >= 15 is 0 Å². The molecule has 2 nitrogen and oxygen atoms in total. The molecular weight excluding hydrogens is 621 g/mol. The fourth-order valence-electron chi connectivity index (χ4n) is 6.13. The van der Waals surface area contributed by atoms with Gasteiger partial charge in [0.2, 0.25) is 0 Å². The molecule has 0 bridgehead atoms. The van der Waals surface area contributed by atoms with E-state index in [1.165, 1.54) is 51.0 Å². The van der Waals surface area contributed by atoms with Crippen LogP contribution in [-0.4, -0.2) is 22.4 Å². The first-order valence-electron chi connectivity index (χ1n) is 19.9. The quantitative estimate of drug-likeness (QED) is 0.223. The second-order valence-corrected chi connectivity index (χ2v) is 14.4. The highest BCUT2D eigenvalue weighted by Gasteiger charge is 2.32. The highest BCUT2D eigenvalue weighted by molar-refractivity contribution is 5.39. The van der Waals surface area contributed by atoms with Gasteiger partial charge in [-0.25, -0.2) is 0 Å². The van der Waals surface area contributed by atoms with E-state index in [0.29, 0.717) is 0 Å². The van der Waals surface area contributed by atoms with Crippen molar-refractivity contribution in [1.82, 2.24) is 0 Å². The van der Waals surface area contributed by atoms with Crippen molar-refractivity contribution in [3.8, 4) is 0 Å². The molecule has 0 saturated heterocycles. The first-order chi connectivity index (χ1) is 24.0. The zero-order chi connectivity index (χ0) is 40.2. The Labute approximate surface area is 318 Å². The molecule has 2 aliphatic carbocycles. The Hall–Kier alpha value is -2.94. The average molecular weight is 703 g/mol. The monoisotopic (exact) mass is 703 g/mol. The van der Waals surface area contributed by atoms with Crippen molar-refractivity contribution in [2.75, 3.05) is 0 Å². The Morgan fingerprint density at radius 1 is 0.529 bits per heavy atom. The van der Waals surface area contributed by atoms with Crippen LogP contribution in [0.15, 0.2) is 130 Å². The summed E-state index contributed by atoms with van der Waals surface area (Å²) in [4.78, 5) is 0. The van der Waals surface area contributed by atoms with Crippen LogP contribution >= 0.6 is 0 Å². The molecule has 0 radical (unpaired) electrons. The van der Waals surface area contributed by atoms with Gasteiger partial charge in [-0.05, 0) is 89.2 Å². The molecule has 2 rings (SSSR count). The topological polar surface area (TPSA) is 40.5 Å². The van der Waals surface area contributed by atoms with Crippen molar-refractivity contribution >= 4 is 0 Å². The summed E-state index contributed by atoms with van der Waals surface area (Å²) in [6.45, 7) is 37.9. The Morgan fingerprint density at radius 2 is 0.784 bits per heavy atom. The molecule has 0 fully saturated rings. The summed E-state index contributed by atoms with van der Waals surface area (Å²) in [5, 5.41) is 20.2. The summed E-state index contributed by atoms with van der Waals surface area (Å²) in [5.41, 5.74) is 10.1. The van der Waals surface area contributed by atoms with E-state index in [0.717, 1.165) is 25.7 Å². The number of hydrogen-bond acceptors (Lipinski definition) is 2. The van der Waals surface area contributed by atoms with Gasteiger partial charge in [0, 0.05) is 0 Å². The van der Waals surface area contributed by atoms with Gasteiger partial charge in [-0.3, -0.25) is 0 Å². The maximum atomic E-state index is 10.1. The minimum absolute atomic E-state index is 0.00547. The van der Waals surface area contributed by atoms with E-state index in [-0.39, 0.29) is 23.0 Å². The van der Waals surface area contributed by atoms with Crippen LogP contribution in [0.3, 0.4) is 0 Å². The van der Waals surface area contributed by atoms with Gasteiger partial charge in [-0.2, -0.15) is 0 Å². The molecule has 51 heavy (non-hydrogen) atoms. The number of rotatable bonds is 10. The van der Waals surface area contributed by atoms with Gasteiger partial charge in [0.25, 0.3) is 0 Å². The minimum Gasteiger partial charge on any atom is -0.393 e. The number of aliphatic hydroxyl groups is 2. The first kappa shape index (κ1) is 52.4. The molecule has 2 heteroatoms. The lowest BCUT2D eigenvalue weighted by Crippen LogP contribution is -2.28.